The third-order valence-electron chi connectivity index (χ3n) is 6.63. The van der Waals surface area contributed by atoms with E-state index in [9.17, 15) is 35.5 Å². The summed E-state index contributed by atoms with van der Waals surface area (Å²) in [5.74, 6) is -1.26. The van der Waals surface area contributed by atoms with E-state index in [2.05, 4.69) is 0 Å². The zero-order valence-electron chi connectivity index (χ0n) is 19.7. The molecule has 10 heteroatoms. The molecule has 3 nitrogen and oxygen atoms in total. The van der Waals surface area contributed by atoms with E-state index in [0.29, 0.717) is 37.2 Å². The minimum absolute atomic E-state index is 0.00922. The van der Waals surface area contributed by atoms with Crippen molar-refractivity contribution in [2.75, 3.05) is 0 Å². The van der Waals surface area contributed by atoms with E-state index in [0.717, 1.165) is 24.8 Å². The number of halogens is 7. The topological polar surface area (TPSA) is 25.2 Å². The second-order valence-electron chi connectivity index (χ2n) is 9.27. The molecule has 0 unspecified atom stereocenters. The summed E-state index contributed by atoms with van der Waals surface area (Å²) in [7, 11) is 0. The number of hydrogen-bond donors (Lipinski definition) is 0. The Hall–Kier alpha value is -3.30. The van der Waals surface area contributed by atoms with Crippen molar-refractivity contribution in [2.45, 2.75) is 63.6 Å². The van der Waals surface area contributed by atoms with Gasteiger partial charge in [0.2, 0.25) is 0 Å². The van der Waals surface area contributed by atoms with E-state index in [4.69, 9.17) is 0 Å². The Labute approximate surface area is 209 Å². The predicted molar refractivity (Wildman–Crippen MR) is 123 cm³/mol. The number of rotatable bonds is 6. The smallest absolute Gasteiger partial charge is 0.345 e. The first-order chi connectivity index (χ1) is 17.4. The minimum Gasteiger partial charge on any atom is -0.345 e. The molecule has 0 radical (unpaired) electrons. The molecule has 0 atom stereocenters. The first-order valence-corrected chi connectivity index (χ1v) is 11.9. The van der Waals surface area contributed by atoms with Crippen molar-refractivity contribution >= 4 is 5.91 Å². The first kappa shape index (κ1) is 26.8. The Bertz CT molecular complexity index is 1190. The molecule has 1 saturated carbocycles. The fraction of sp³-hybridized carbons (Fsp3) is 0.370. The summed E-state index contributed by atoms with van der Waals surface area (Å²) in [6, 6.07) is 10.1. The van der Waals surface area contributed by atoms with Gasteiger partial charge in [0.25, 0.3) is 5.91 Å². The fourth-order valence-corrected chi connectivity index (χ4v) is 4.71. The summed E-state index contributed by atoms with van der Waals surface area (Å²) >= 11 is 0. The maximum Gasteiger partial charge on any atom is 0.416 e. The number of alkyl halides is 6. The number of aromatic nitrogens is 1. The SMILES string of the molecule is O=C(c1cc(C(F)(F)F)cc(C(F)(F)F)c1)N(Cc1cccn1Cc1ccc(F)cc1)C1CCCCC1. The van der Waals surface area contributed by atoms with E-state index >= 15 is 0 Å². The van der Waals surface area contributed by atoms with Gasteiger partial charge in [-0.15, -0.1) is 0 Å². The lowest BCUT2D eigenvalue weighted by Crippen LogP contribution is -2.41. The van der Waals surface area contributed by atoms with Gasteiger partial charge in [0, 0.05) is 30.0 Å². The average molecular weight is 526 g/mol. The zero-order chi connectivity index (χ0) is 26.8. The normalized spacial score (nSPS) is 15.1. The molecule has 0 spiro atoms. The van der Waals surface area contributed by atoms with E-state index in [-0.39, 0.29) is 24.5 Å². The largest absolute Gasteiger partial charge is 0.416 e. The molecule has 198 valence electrons. The Kier molecular flexibility index (Phi) is 7.66. The van der Waals surface area contributed by atoms with Crippen molar-refractivity contribution in [3.63, 3.8) is 0 Å². The van der Waals surface area contributed by atoms with E-state index < -0.39 is 35.0 Å². The molecule has 1 fully saturated rings. The third-order valence-corrected chi connectivity index (χ3v) is 6.63. The maximum absolute atomic E-state index is 13.6. The molecule has 1 aliphatic rings. The highest BCUT2D eigenvalue weighted by Crippen LogP contribution is 2.37. The van der Waals surface area contributed by atoms with Crippen molar-refractivity contribution in [1.29, 1.82) is 0 Å². The summed E-state index contributed by atoms with van der Waals surface area (Å²) in [5, 5.41) is 0. The molecule has 1 aromatic heterocycles. The first-order valence-electron chi connectivity index (χ1n) is 11.9. The van der Waals surface area contributed by atoms with Gasteiger partial charge in [0.1, 0.15) is 5.82 Å². The van der Waals surface area contributed by atoms with Crippen molar-refractivity contribution < 1.29 is 35.5 Å². The number of hydrogen-bond acceptors (Lipinski definition) is 1. The highest BCUT2D eigenvalue weighted by Gasteiger charge is 2.38. The molecule has 1 aliphatic carbocycles. The molecular formula is C27H25F7N2O. The standard InChI is InChI=1S/C27H25F7N2O/c28-22-10-8-18(9-11-22)16-35-12-4-7-24(35)17-36(23-5-2-1-3-6-23)25(37)19-13-20(26(29,30)31)15-21(14-19)27(32,33)34/h4,7-15,23H,1-3,5-6,16-17H2. The van der Waals surface area contributed by atoms with Gasteiger partial charge in [-0.05, 0) is 60.9 Å². The van der Waals surface area contributed by atoms with Gasteiger partial charge in [-0.1, -0.05) is 31.4 Å². The quantitative estimate of drug-likeness (QED) is 0.303. The van der Waals surface area contributed by atoms with Gasteiger partial charge in [0.05, 0.1) is 17.7 Å². The van der Waals surface area contributed by atoms with Crippen LogP contribution in [-0.2, 0) is 25.4 Å². The van der Waals surface area contributed by atoms with Crippen LogP contribution >= 0.6 is 0 Å². The van der Waals surface area contributed by atoms with Crippen molar-refractivity contribution in [3.8, 4) is 0 Å². The Morgan fingerprint density at radius 3 is 2.03 bits per heavy atom. The van der Waals surface area contributed by atoms with Crippen molar-refractivity contribution in [3.05, 3.63) is 94.6 Å². The van der Waals surface area contributed by atoms with Crippen molar-refractivity contribution in [2.24, 2.45) is 0 Å². The number of amides is 1. The Morgan fingerprint density at radius 1 is 0.865 bits per heavy atom. The summed E-state index contributed by atoms with van der Waals surface area (Å²) in [5.41, 5.74) is -2.24. The summed E-state index contributed by atoms with van der Waals surface area (Å²) in [6.45, 7) is 0.367. The van der Waals surface area contributed by atoms with E-state index in [1.807, 2.05) is 4.57 Å². The molecule has 0 N–H and O–H groups in total. The summed E-state index contributed by atoms with van der Waals surface area (Å²) in [4.78, 5) is 15.0. The van der Waals surface area contributed by atoms with Crippen LogP contribution in [-0.4, -0.2) is 21.4 Å². The molecule has 0 aliphatic heterocycles. The lowest BCUT2D eigenvalue weighted by Gasteiger charge is -2.35. The minimum atomic E-state index is -5.05. The van der Waals surface area contributed by atoms with Crippen LogP contribution in [0.15, 0.2) is 60.8 Å². The van der Waals surface area contributed by atoms with Crippen LogP contribution in [0.3, 0.4) is 0 Å². The Balaban J connectivity index is 1.69. The monoisotopic (exact) mass is 526 g/mol. The number of carbonyl (C=O) groups excluding carboxylic acids is 1. The number of benzene rings is 2. The van der Waals surface area contributed by atoms with Gasteiger partial charge < -0.3 is 9.47 Å². The molecule has 0 bridgehead atoms. The third kappa shape index (κ3) is 6.53. The van der Waals surface area contributed by atoms with Crippen molar-refractivity contribution in [1.82, 2.24) is 9.47 Å². The molecule has 1 amide bonds. The van der Waals surface area contributed by atoms with Gasteiger partial charge in [-0.3, -0.25) is 4.79 Å². The lowest BCUT2D eigenvalue weighted by molar-refractivity contribution is -0.143. The highest BCUT2D eigenvalue weighted by atomic mass is 19.4. The number of nitrogens with zero attached hydrogens (tertiary/aromatic N) is 2. The van der Waals surface area contributed by atoms with Crippen LogP contribution in [0.2, 0.25) is 0 Å². The predicted octanol–water partition coefficient (Wildman–Crippen LogP) is 7.69. The van der Waals surface area contributed by atoms with Gasteiger partial charge >= 0.3 is 12.4 Å². The van der Waals surface area contributed by atoms with Crippen LogP contribution in [0.5, 0.6) is 0 Å². The van der Waals surface area contributed by atoms with E-state index in [1.165, 1.54) is 17.0 Å². The molecule has 37 heavy (non-hydrogen) atoms. The van der Waals surface area contributed by atoms with Gasteiger partial charge in [-0.25, -0.2) is 4.39 Å². The average Bonchev–Trinajstić information content (AvgIpc) is 3.29. The fourth-order valence-electron chi connectivity index (χ4n) is 4.71. The second kappa shape index (κ2) is 10.6. The molecular weight excluding hydrogens is 501 g/mol. The van der Waals surface area contributed by atoms with E-state index in [1.54, 1.807) is 30.5 Å². The second-order valence-corrected chi connectivity index (χ2v) is 9.27. The van der Waals surface area contributed by atoms with Gasteiger partial charge in [-0.2, -0.15) is 26.3 Å². The molecule has 4 rings (SSSR count). The van der Waals surface area contributed by atoms with Crippen LogP contribution < -0.4 is 0 Å². The Morgan fingerprint density at radius 2 is 1.46 bits per heavy atom. The maximum atomic E-state index is 13.6. The van der Waals surface area contributed by atoms with Crippen LogP contribution in [0.4, 0.5) is 30.7 Å². The number of carbonyl (C=O) groups is 1. The summed E-state index contributed by atoms with van der Waals surface area (Å²) < 4.78 is 95.7. The molecule has 1 heterocycles. The van der Waals surface area contributed by atoms with Crippen LogP contribution in [0.25, 0.3) is 0 Å². The zero-order valence-corrected chi connectivity index (χ0v) is 19.7. The molecule has 2 aromatic carbocycles. The highest BCUT2D eigenvalue weighted by molar-refractivity contribution is 5.95. The van der Waals surface area contributed by atoms with Crippen LogP contribution in [0.1, 0.15) is 64.8 Å². The summed E-state index contributed by atoms with van der Waals surface area (Å²) in [6.07, 6.45) is -4.56. The molecule has 3 aromatic rings. The van der Waals surface area contributed by atoms with Crippen LogP contribution in [0, 0.1) is 5.82 Å². The van der Waals surface area contributed by atoms with Gasteiger partial charge in [0.15, 0.2) is 0 Å². The lowest BCUT2D eigenvalue weighted by atomic mass is 9.93. The molecule has 0 saturated heterocycles.